The number of hydrogen-bond donors (Lipinski definition) is 1. The highest BCUT2D eigenvalue weighted by molar-refractivity contribution is 9.10. The van der Waals surface area contributed by atoms with Crippen LogP contribution in [0.1, 0.15) is 5.56 Å². The van der Waals surface area contributed by atoms with E-state index >= 15 is 0 Å². The molecule has 0 spiro atoms. The third kappa shape index (κ3) is 2.49. The SMILES string of the molecule is Cc1cccc(Oc2ccc3cc(Br)ccc3c2)c1N. The molecule has 0 aliphatic rings. The van der Waals surface area contributed by atoms with Gasteiger partial charge in [-0.25, -0.2) is 0 Å². The van der Waals surface area contributed by atoms with Crippen molar-refractivity contribution in [2.24, 2.45) is 0 Å². The van der Waals surface area contributed by atoms with Crippen LogP contribution in [0.3, 0.4) is 0 Å². The Morgan fingerprint density at radius 2 is 1.70 bits per heavy atom. The highest BCUT2D eigenvalue weighted by Crippen LogP contribution is 2.31. The van der Waals surface area contributed by atoms with Crippen molar-refractivity contribution in [3.05, 3.63) is 64.6 Å². The maximum absolute atomic E-state index is 6.03. The van der Waals surface area contributed by atoms with Crippen molar-refractivity contribution in [2.75, 3.05) is 5.73 Å². The van der Waals surface area contributed by atoms with Crippen molar-refractivity contribution in [3.8, 4) is 11.5 Å². The number of hydrogen-bond acceptors (Lipinski definition) is 2. The summed E-state index contributed by atoms with van der Waals surface area (Å²) >= 11 is 3.47. The summed E-state index contributed by atoms with van der Waals surface area (Å²) in [4.78, 5) is 0. The second-order valence-corrected chi connectivity index (χ2v) is 5.66. The zero-order valence-electron chi connectivity index (χ0n) is 11.1. The Hall–Kier alpha value is -2.00. The maximum Gasteiger partial charge on any atom is 0.150 e. The van der Waals surface area contributed by atoms with Crippen molar-refractivity contribution in [1.29, 1.82) is 0 Å². The average Bonchev–Trinajstić information content (AvgIpc) is 2.44. The van der Waals surface area contributed by atoms with Gasteiger partial charge in [-0.2, -0.15) is 0 Å². The number of fused-ring (bicyclic) bond motifs is 1. The fourth-order valence-electron chi connectivity index (χ4n) is 2.13. The lowest BCUT2D eigenvalue weighted by molar-refractivity contribution is 0.485. The molecule has 0 radical (unpaired) electrons. The second kappa shape index (κ2) is 5.17. The molecule has 0 amide bonds. The van der Waals surface area contributed by atoms with E-state index in [2.05, 4.69) is 28.1 Å². The summed E-state index contributed by atoms with van der Waals surface area (Å²) in [6, 6.07) is 18.0. The summed E-state index contributed by atoms with van der Waals surface area (Å²) in [6.45, 7) is 1.97. The van der Waals surface area contributed by atoms with Crippen molar-refractivity contribution >= 4 is 32.4 Å². The molecule has 0 unspecified atom stereocenters. The lowest BCUT2D eigenvalue weighted by Gasteiger charge is -2.11. The Morgan fingerprint density at radius 3 is 2.55 bits per heavy atom. The molecular formula is C17H14BrNO. The first-order valence-electron chi connectivity index (χ1n) is 6.36. The Kier molecular flexibility index (Phi) is 3.36. The van der Waals surface area contributed by atoms with E-state index in [0.29, 0.717) is 11.4 Å². The van der Waals surface area contributed by atoms with Gasteiger partial charge in [-0.05, 0) is 53.6 Å². The minimum Gasteiger partial charge on any atom is -0.455 e. The maximum atomic E-state index is 6.03. The molecule has 0 heterocycles. The topological polar surface area (TPSA) is 35.2 Å². The Labute approximate surface area is 126 Å². The van der Waals surface area contributed by atoms with Crippen LogP contribution in [0, 0.1) is 6.92 Å². The van der Waals surface area contributed by atoms with Crippen LogP contribution >= 0.6 is 15.9 Å². The van der Waals surface area contributed by atoms with E-state index in [1.165, 1.54) is 5.39 Å². The van der Waals surface area contributed by atoms with Gasteiger partial charge in [0.25, 0.3) is 0 Å². The summed E-state index contributed by atoms with van der Waals surface area (Å²) in [5.74, 6) is 1.48. The number of aryl methyl sites for hydroxylation is 1. The molecule has 3 heteroatoms. The van der Waals surface area contributed by atoms with Crippen molar-refractivity contribution in [2.45, 2.75) is 6.92 Å². The van der Waals surface area contributed by atoms with E-state index in [0.717, 1.165) is 21.2 Å². The summed E-state index contributed by atoms with van der Waals surface area (Å²) in [5.41, 5.74) is 7.74. The van der Waals surface area contributed by atoms with Crippen molar-refractivity contribution in [3.63, 3.8) is 0 Å². The van der Waals surface area contributed by atoms with Gasteiger partial charge >= 0.3 is 0 Å². The summed E-state index contributed by atoms with van der Waals surface area (Å²) < 4.78 is 6.96. The molecule has 0 saturated carbocycles. The van der Waals surface area contributed by atoms with Gasteiger partial charge in [-0.1, -0.05) is 40.2 Å². The molecule has 0 atom stereocenters. The van der Waals surface area contributed by atoms with Crippen LogP contribution in [0.15, 0.2) is 59.1 Å². The minimum atomic E-state index is 0.684. The number of nitrogen functional groups attached to an aromatic ring is 1. The van der Waals surface area contributed by atoms with Gasteiger partial charge in [-0.15, -0.1) is 0 Å². The first-order chi connectivity index (χ1) is 9.63. The summed E-state index contributed by atoms with van der Waals surface area (Å²) in [5, 5.41) is 2.31. The van der Waals surface area contributed by atoms with Gasteiger partial charge in [0.05, 0.1) is 5.69 Å². The Bertz CT molecular complexity index is 783. The largest absolute Gasteiger partial charge is 0.455 e. The molecule has 0 saturated heterocycles. The van der Waals surface area contributed by atoms with Crippen molar-refractivity contribution < 1.29 is 4.74 Å². The van der Waals surface area contributed by atoms with Crippen LogP contribution in [0.2, 0.25) is 0 Å². The number of halogens is 1. The lowest BCUT2D eigenvalue weighted by Crippen LogP contribution is -1.94. The Balaban J connectivity index is 1.99. The molecule has 20 heavy (non-hydrogen) atoms. The van der Waals surface area contributed by atoms with Crippen LogP contribution < -0.4 is 10.5 Å². The number of para-hydroxylation sites is 1. The number of ether oxygens (including phenoxy) is 1. The smallest absolute Gasteiger partial charge is 0.150 e. The van der Waals surface area contributed by atoms with Crippen molar-refractivity contribution in [1.82, 2.24) is 0 Å². The molecule has 2 N–H and O–H groups in total. The highest BCUT2D eigenvalue weighted by atomic mass is 79.9. The van der Waals surface area contributed by atoms with Gasteiger partial charge in [0, 0.05) is 4.47 Å². The quantitative estimate of drug-likeness (QED) is 0.649. The van der Waals surface area contributed by atoms with Crippen LogP contribution in [-0.4, -0.2) is 0 Å². The normalized spacial score (nSPS) is 10.7. The third-order valence-corrected chi connectivity index (χ3v) is 3.78. The summed E-state index contributed by atoms with van der Waals surface area (Å²) in [6.07, 6.45) is 0. The van der Waals surface area contributed by atoms with Gasteiger partial charge in [0.1, 0.15) is 5.75 Å². The molecule has 3 aromatic rings. The predicted octanol–water partition coefficient (Wildman–Crippen LogP) is 5.29. The molecule has 0 aliphatic heterocycles. The predicted molar refractivity (Wildman–Crippen MR) is 87.3 cm³/mol. The third-order valence-electron chi connectivity index (χ3n) is 3.29. The number of anilines is 1. The first kappa shape index (κ1) is 13.0. The van der Waals surface area contributed by atoms with Crippen LogP contribution in [-0.2, 0) is 0 Å². The van der Waals surface area contributed by atoms with E-state index in [1.807, 2.05) is 49.4 Å². The molecule has 0 fully saturated rings. The molecule has 100 valence electrons. The molecule has 2 nitrogen and oxygen atoms in total. The number of nitrogens with two attached hydrogens (primary N) is 1. The standard InChI is InChI=1S/C17H14BrNO/c1-11-3-2-4-16(17(11)19)20-15-8-6-12-9-14(18)7-5-13(12)10-15/h2-10H,19H2,1H3. The van der Waals surface area contributed by atoms with Gasteiger partial charge < -0.3 is 10.5 Å². The summed E-state index contributed by atoms with van der Waals surface area (Å²) in [7, 11) is 0. The molecule has 3 aromatic carbocycles. The minimum absolute atomic E-state index is 0.684. The van der Waals surface area contributed by atoms with E-state index in [4.69, 9.17) is 10.5 Å². The van der Waals surface area contributed by atoms with E-state index in [9.17, 15) is 0 Å². The molecule has 3 rings (SSSR count). The van der Waals surface area contributed by atoms with E-state index < -0.39 is 0 Å². The fourth-order valence-corrected chi connectivity index (χ4v) is 2.51. The van der Waals surface area contributed by atoms with Gasteiger partial charge in [-0.3, -0.25) is 0 Å². The monoisotopic (exact) mass is 327 g/mol. The highest BCUT2D eigenvalue weighted by Gasteiger charge is 2.05. The van der Waals surface area contributed by atoms with Crippen LogP contribution in [0.5, 0.6) is 11.5 Å². The second-order valence-electron chi connectivity index (χ2n) is 4.74. The van der Waals surface area contributed by atoms with Gasteiger partial charge in [0.15, 0.2) is 5.75 Å². The Morgan fingerprint density at radius 1 is 0.950 bits per heavy atom. The number of rotatable bonds is 2. The molecular weight excluding hydrogens is 314 g/mol. The van der Waals surface area contributed by atoms with E-state index in [1.54, 1.807) is 0 Å². The molecule has 0 aromatic heterocycles. The molecule has 0 aliphatic carbocycles. The number of benzene rings is 3. The first-order valence-corrected chi connectivity index (χ1v) is 7.15. The van der Waals surface area contributed by atoms with Gasteiger partial charge in [0.2, 0.25) is 0 Å². The van der Waals surface area contributed by atoms with E-state index in [-0.39, 0.29) is 0 Å². The molecule has 0 bridgehead atoms. The zero-order chi connectivity index (χ0) is 14.1. The van der Waals surface area contributed by atoms with Crippen LogP contribution in [0.4, 0.5) is 5.69 Å². The fraction of sp³-hybridized carbons (Fsp3) is 0.0588. The lowest BCUT2D eigenvalue weighted by atomic mass is 10.1. The zero-order valence-corrected chi connectivity index (χ0v) is 12.6. The van der Waals surface area contributed by atoms with Crippen LogP contribution in [0.25, 0.3) is 10.8 Å². The average molecular weight is 328 g/mol.